The molecule has 1 N–H and O–H groups in total. The first-order valence-electron chi connectivity index (χ1n) is 11.6. The first kappa shape index (κ1) is 22.0. The molecule has 7 nitrogen and oxygen atoms in total. The van der Waals surface area contributed by atoms with Crippen molar-refractivity contribution in [3.05, 3.63) is 94.8 Å². The molecule has 3 aromatic rings. The smallest absolute Gasteiger partial charge is 0.261 e. The van der Waals surface area contributed by atoms with E-state index in [0.29, 0.717) is 22.5 Å². The summed E-state index contributed by atoms with van der Waals surface area (Å²) in [6, 6.07) is 17.8. The van der Waals surface area contributed by atoms with Crippen LogP contribution >= 0.6 is 0 Å². The number of nitrogens with zero attached hydrogens (tertiary/aromatic N) is 3. The first-order valence-corrected chi connectivity index (χ1v) is 11.6. The molecule has 1 saturated heterocycles. The van der Waals surface area contributed by atoms with Crippen LogP contribution in [0.25, 0.3) is 0 Å². The summed E-state index contributed by atoms with van der Waals surface area (Å²) in [7, 11) is 0. The van der Waals surface area contributed by atoms with Gasteiger partial charge in [-0.15, -0.1) is 0 Å². The third-order valence-electron chi connectivity index (χ3n) is 6.35. The standard InChI is InChI=1S/C27H26N4O3/c32-25(29-21-10-7-19(8-11-21)17-30-14-4-1-5-15-30)20-9-12-23-24(16-20)27(34)31(26(23)33)18-22-6-2-3-13-28-22/h2-3,6-13,16H,1,4-5,14-15,17-18H2,(H,29,32). The van der Waals surface area contributed by atoms with Crippen molar-refractivity contribution in [3.63, 3.8) is 0 Å². The van der Waals surface area contributed by atoms with E-state index >= 15 is 0 Å². The number of hydrogen-bond acceptors (Lipinski definition) is 5. The van der Waals surface area contributed by atoms with Crippen molar-refractivity contribution in [3.8, 4) is 0 Å². The Balaban J connectivity index is 1.25. The molecule has 1 aromatic heterocycles. The number of hydrogen-bond donors (Lipinski definition) is 1. The number of fused-ring (bicyclic) bond motifs is 1. The minimum atomic E-state index is -0.414. The summed E-state index contributed by atoms with van der Waals surface area (Å²) in [5.74, 6) is -1.11. The maximum absolute atomic E-state index is 12.9. The molecular formula is C27H26N4O3. The number of anilines is 1. The van der Waals surface area contributed by atoms with Gasteiger partial charge in [0.1, 0.15) is 0 Å². The molecule has 3 heterocycles. The highest BCUT2D eigenvalue weighted by Crippen LogP contribution is 2.26. The number of carbonyl (C=O) groups excluding carboxylic acids is 3. The Hall–Kier alpha value is -3.84. The lowest BCUT2D eigenvalue weighted by Gasteiger charge is -2.26. The second-order valence-corrected chi connectivity index (χ2v) is 8.77. The minimum Gasteiger partial charge on any atom is -0.322 e. The second kappa shape index (κ2) is 9.57. The van der Waals surface area contributed by atoms with Gasteiger partial charge < -0.3 is 5.32 Å². The van der Waals surface area contributed by atoms with Crippen molar-refractivity contribution in [2.24, 2.45) is 0 Å². The summed E-state index contributed by atoms with van der Waals surface area (Å²) in [5, 5.41) is 2.88. The van der Waals surface area contributed by atoms with Crippen molar-refractivity contribution in [1.29, 1.82) is 0 Å². The lowest BCUT2D eigenvalue weighted by Crippen LogP contribution is -2.29. The van der Waals surface area contributed by atoms with Gasteiger partial charge in [0.25, 0.3) is 17.7 Å². The zero-order valence-corrected chi connectivity index (χ0v) is 18.9. The zero-order valence-electron chi connectivity index (χ0n) is 18.9. The third kappa shape index (κ3) is 4.61. The molecule has 0 atom stereocenters. The highest BCUT2D eigenvalue weighted by Gasteiger charge is 2.36. The van der Waals surface area contributed by atoms with E-state index < -0.39 is 5.91 Å². The SMILES string of the molecule is O=C(Nc1ccc(CN2CCCCC2)cc1)c1ccc2c(c1)C(=O)N(Cc1ccccn1)C2=O. The van der Waals surface area contributed by atoms with Gasteiger partial charge in [-0.1, -0.05) is 24.6 Å². The van der Waals surface area contributed by atoms with Crippen LogP contribution in [0.5, 0.6) is 0 Å². The van der Waals surface area contributed by atoms with Gasteiger partial charge in [0.05, 0.1) is 23.4 Å². The van der Waals surface area contributed by atoms with Crippen LogP contribution in [0.2, 0.25) is 0 Å². The van der Waals surface area contributed by atoms with Crippen LogP contribution in [-0.2, 0) is 13.1 Å². The number of likely N-dealkylation sites (tertiary alicyclic amines) is 1. The molecule has 0 radical (unpaired) electrons. The van der Waals surface area contributed by atoms with E-state index in [4.69, 9.17) is 0 Å². The number of imide groups is 1. The van der Waals surface area contributed by atoms with Crippen molar-refractivity contribution in [2.75, 3.05) is 18.4 Å². The Kier molecular flexibility index (Phi) is 6.18. The van der Waals surface area contributed by atoms with Gasteiger partial charge >= 0.3 is 0 Å². The quantitative estimate of drug-likeness (QED) is 0.567. The van der Waals surface area contributed by atoms with Crippen LogP contribution in [0.4, 0.5) is 5.69 Å². The van der Waals surface area contributed by atoms with Gasteiger partial charge in [-0.3, -0.25) is 29.2 Å². The normalized spacial score (nSPS) is 15.9. The summed E-state index contributed by atoms with van der Waals surface area (Å²) in [5.41, 5.74) is 3.40. The molecular weight excluding hydrogens is 428 g/mol. The third-order valence-corrected chi connectivity index (χ3v) is 6.35. The number of aromatic nitrogens is 1. The van der Waals surface area contributed by atoms with Crippen LogP contribution in [0.15, 0.2) is 66.9 Å². The highest BCUT2D eigenvalue weighted by atomic mass is 16.2. The Morgan fingerprint density at radius 2 is 1.62 bits per heavy atom. The summed E-state index contributed by atoms with van der Waals surface area (Å²) in [6.07, 6.45) is 5.44. The van der Waals surface area contributed by atoms with E-state index in [2.05, 4.69) is 15.2 Å². The van der Waals surface area contributed by atoms with Crippen molar-refractivity contribution >= 4 is 23.4 Å². The number of carbonyl (C=O) groups is 3. The summed E-state index contributed by atoms with van der Waals surface area (Å²) in [6.45, 7) is 3.29. The fraction of sp³-hybridized carbons (Fsp3) is 0.259. The van der Waals surface area contributed by atoms with E-state index in [1.807, 2.05) is 30.3 Å². The molecule has 0 aliphatic carbocycles. The monoisotopic (exact) mass is 454 g/mol. The molecule has 2 aromatic carbocycles. The van der Waals surface area contributed by atoms with Crippen molar-refractivity contribution < 1.29 is 14.4 Å². The predicted molar refractivity (Wildman–Crippen MR) is 128 cm³/mol. The maximum Gasteiger partial charge on any atom is 0.261 e. The Morgan fingerprint density at radius 3 is 2.35 bits per heavy atom. The van der Waals surface area contributed by atoms with Gasteiger partial charge in [0.15, 0.2) is 0 Å². The fourth-order valence-corrected chi connectivity index (χ4v) is 4.50. The summed E-state index contributed by atoms with van der Waals surface area (Å²) < 4.78 is 0. The zero-order chi connectivity index (χ0) is 23.5. The number of rotatable bonds is 6. The van der Waals surface area contributed by atoms with E-state index in [9.17, 15) is 14.4 Å². The van der Waals surface area contributed by atoms with Gasteiger partial charge in [0.2, 0.25) is 0 Å². The first-order chi connectivity index (χ1) is 16.6. The number of pyridine rings is 1. The largest absolute Gasteiger partial charge is 0.322 e. The molecule has 0 bridgehead atoms. The predicted octanol–water partition coefficient (Wildman–Crippen LogP) is 4.12. The average molecular weight is 455 g/mol. The number of piperidine rings is 1. The highest BCUT2D eigenvalue weighted by molar-refractivity contribution is 6.22. The van der Waals surface area contributed by atoms with Crippen LogP contribution in [0.1, 0.15) is 61.6 Å². The van der Waals surface area contributed by atoms with Gasteiger partial charge in [-0.25, -0.2) is 0 Å². The van der Waals surface area contributed by atoms with Crippen LogP contribution < -0.4 is 5.32 Å². The van der Waals surface area contributed by atoms with Crippen LogP contribution in [-0.4, -0.2) is 45.6 Å². The van der Waals surface area contributed by atoms with Crippen molar-refractivity contribution in [1.82, 2.24) is 14.8 Å². The summed E-state index contributed by atoms with van der Waals surface area (Å²) >= 11 is 0. The molecule has 5 rings (SSSR count). The van der Waals surface area contributed by atoms with Crippen LogP contribution in [0, 0.1) is 0 Å². The van der Waals surface area contributed by atoms with E-state index in [-0.39, 0.29) is 23.9 Å². The summed E-state index contributed by atoms with van der Waals surface area (Å²) in [4.78, 5) is 46.3. The lowest BCUT2D eigenvalue weighted by atomic mass is 10.1. The topological polar surface area (TPSA) is 82.6 Å². The second-order valence-electron chi connectivity index (χ2n) is 8.77. The number of amides is 3. The van der Waals surface area contributed by atoms with Crippen LogP contribution in [0.3, 0.4) is 0 Å². The molecule has 7 heteroatoms. The molecule has 0 spiro atoms. The van der Waals surface area contributed by atoms with Gasteiger partial charge in [0, 0.05) is 24.0 Å². The lowest BCUT2D eigenvalue weighted by molar-refractivity contribution is 0.0640. The van der Waals surface area contributed by atoms with E-state index in [1.165, 1.54) is 30.9 Å². The molecule has 34 heavy (non-hydrogen) atoms. The number of benzene rings is 2. The molecule has 1 fully saturated rings. The van der Waals surface area contributed by atoms with Crippen molar-refractivity contribution in [2.45, 2.75) is 32.4 Å². The Bertz CT molecular complexity index is 1220. The Labute approximate surface area is 198 Å². The van der Waals surface area contributed by atoms with E-state index in [1.54, 1.807) is 30.5 Å². The minimum absolute atomic E-state index is 0.0957. The molecule has 2 aliphatic heterocycles. The molecule has 0 saturated carbocycles. The molecule has 0 unspecified atom stereocenters. The molecule has 3 amide bonds. The fourth-order valence-electron chi connectivity index (χ4n) is 4.50. The Morgan fingerprint density at radius 1 is 0.853 bits per heavy atom. The molecule has 172 valence electrons. The van der Waals surface area contributed by atoms with Gasteiger partial charge in [-0.05, 0) is 74.0 Å². The molecule has 2 aliphatic rings. The van der Waals surface area contributed by atoms with E-state index in [0.717, 1.165) is 24.5 Å². The average Bonchev–Trinajstić information content (AvgIpc) is 3.11. The number of nitrogens with one attached hydrogen (secondary N) is 1. The maximum atomic E-state index is 12.9. The van der Waals surface area contributed by atoms with Gasteiger partial charge in [-0.2, -0.15) is 0 Å².